The Morgan fingerprint density at radius 2 is 2.07 bits per heavy atom. The molecule has 1 fully saturated rings. The van der Waals surface area contributed by atoms with Gasteiger partial charge in [-0.2, -0.15) is 0 Å². The van der Waals surface area contributed by atoms with Gasteiger partial charge in [0.15, 0.2) is 5.82 Å². The van der Waals surface area contributed by atoms with Gasteiger partial charge in [-0.1, -0.05) is 6.07 Å². The van der Waals surface area contributed by atoms with E-state index in [-0.39, 0.29) is 11.9 Å². The molecule has 27 heavy (non-hydrogen) atoms. The van der Waals surface area contributed by atoms with Crippen LogP contribution in [0.3, 0.4) is 0 Å². The van der Waals surface area contributed by atoms with Crippen molar-refractivity contribution in [2.45, 2.75) is 25.8 Å². The zero-order chi connectivity index (χ0) is 18.8. The topological polar surface area (TPSA) is 54.3 Å². The van der Waals surface area contributed by atoms with E-state index in [0.29, 0.717) is 5.82 Å². The highest BCUT2D eigenvalue weighted by Crippen LogP contribution is 2.26. The van der Waals surface area contributed by atoms with Gasteiger partial charge in [-0.15, -0.1) is 16.4 Å². The standard InChI is InChI=1S/C20H23N5OS/c1-15-14-17(5-9-21-15)24-12-8-19(22-24)25(16-6-10-23(2)11-7-16)20(26)18-4-3-13-27-18/h3-5,8-9,12-14,16H,6-7,10-11H2,1-2H3. The molecule has 4 rings (SSSR count). The first-order valence-electron chi connectivity index (χ1n) is 9.16. The van der Waals surface area contributed by atoms with Crippen LogP contribution in [0.5, 0.6) is 0 Å². The lowest BCUT2D eigenvalue weighted by Crippen LogP contribution is -2.47. The van der Waals surface area contributed by atoms with Gasteiger partial charge in [-0.3, -0.25) is 14.7 Å². The third kappa shape index (κ3) is 3.79. The molecule has 1 saturated heterocycles. The Hall–Kier alpha value is -2.51. The summed E-state index contributed by atoms with van der Waals surface area (Å²) in [4.78, 5) is 22.4. The van der Waals surface area contributed by atoms with E-state index in [4.69, 9.17) is 5.10 Å². The van der Waals surface area contributed by atoms with Crippen molar-refractivity contribution >= 4 is 23.1 Å². The second kappa shape index (κ2) is 7.62. The minimum atomic E-state index is 0.0377. The number of thiophene rings is 1. The summed E-state index contributed by atoms with van der Waals surface area (Å²) < 4.78 is 1.81. The van der Waals surface area contributed by atoms with E-state index in [1.54, 1.807) is 6.20 Å². The van der Waals surface area contributed by atoms with Gasteiger partial charge in [0, 0.05) is 30.2 Å². The molecule has 7 heteroatoms. The fraction of sp³-hybridized carbons (Fsp3) is 0.350. The van der Waals surface area contributed by atoms with Crippen LogP contribution in [-0.2, 0) is 0 Å². The number of aromatic nitrogens is 3. The second-order valence-corrected chi connectivity index (χ2v) is 7.91. The Kier molecular flexibility index (Phi) is 5.05. The number of pyridine rings is 1. The van der Waals surface area contributed by atoms with E-state index in [9.17, 15) is 4.79 Å². The van der Waals surface area contributed by atoms with Gasteiger partial charge in [0.1, 0.15) is 0 Å². The average Bonchev–Trinajstić information content (AvgIpc) is 3.36. The van der Waals surface area contributed by atoms with Crippen molar-refractivity contribution in [3.05, 3.63) is 58.7 Å². The zero-order valence-corrected chi connectivity index (χ0v) is 16.4. The van der Waals surface area contributed by atoms with Gasteiger partial charge in [0.05, 0.1) is 10.6 Å². The molecule has 0 bridgehead atoms. The van der Waals surface area contributed by atoms with E-state index < -0.39 is 0 Å². The maximum Gasteiger partial charge on any atom is 0.269 e. The Morgan fingerprint density at radius 3 is 2.78 bits per heavy atom. The van der Waals surface area contributed by atoms with Crippen LogP contribution in [-0.4, -0.2) is 51.8 Å². The Morgan fingerprint density at radius 1 is 1.26 bits per heavy atom. The minimum Gasteiger partial charge on any atom is -0.306 e. The predicted octanol–water partition coefficient (Wildman–Crippen LogP) is 3.38. The monoisotopic (exact) mass is 381 g/mol. The highest BCUT2D eigenvalue weighted by molar-refractivity contribution is 7.12. The second-order valence-electron chi connectivity index (χ2n) is 6.96. The molecule has 0 N–H and O–H groups in total. The molecule has 1 aliphatic heterocycles. The van der Waals surface area contributed by atoms with Gasteiger partial charge in [-0.05, 0) is 63.5 Å². The summed E-state index contributed by atoms with van der Waals surface area (Å²) in [6.45, 7) is 3.94. The molecular formula is C20H23N5OS. The first kappa shape index (κ1) is 17.9. The fourth-order valence-corrected chi connectivity index (χ4v) is 4.15. The van der Waals surface area contributed by atoms with Crippen molar-refractivity contribution in [3.63, 3.8) is 0 Å². The minimum absolute atomic E-state index is 0.0377. The number of piperidine rings is 1. The molecular weight excluding hydrogens is 358 g/mol. The van der Waals surface area contributed by atoms with Crippen molar-refractivity contribution in [2.75, 3.05) is 25.0 Å². The van der Waals surface area contributed by atoms with Gasteiger partial charge in [-0.25, -0.2) is 4.68 Å². The lowest BCUT2D eigenvalue weighted by molar-refractivity contribution is 0.0966. The van der Waals surface area contributed by atoms with Crippen molar-refractivity contribution in [2.24, 2.45) is 0 Å². The number of carbonyl (C=O) groups is 1. The van der Waals surface area contributed by atoms with Crippen LogP contribution >= 0.6 is 11.3 Å². The molecule has 0 atom stereocenters. The summed E-state index contributed by atoms with van der Waals surface area (Å²) in [5.41, 5.74) is 1.88. The number of amides is 1. The predicted molar refractivity (Wildman–Crippen MR) is 108 cm³/mol. The highest BCUT2D eigenvalue weighted by Gasteiger charge is 2.31. The van der Waals surface area contributed by atoms with Crippen LogP contribution in [0.25, 0.3) is 5.69 Å². The molecule has 3 aromatic heterocycles. The molecule has 0 aromatic carbocycles. The maximum atomic E-state index is 13.3. The van der Waals surface area contributed by atoms with Crippen LogP contribution in [0.2, 0.25) is 0 Å². The first-order valence-corrected chi connectivity index (χ1v) is 10.0. The van der Waals surface area contributed by atoms with Crippen LogP contribution in [0, 0.1) is 6.92 Å². The number of aryl methyl sites for hydroxylation is 1. The Labute approximate surface area is 163 Å². The van der Waals surface area contributed by atoms with Crippen LogP contribution in [0.4, 0.5) is 5.82 Å². The molecule has 4 heterocycles. The Balaban J connectivity index is 1.67. The van der Waals surface area contributed by atoms with E-state index in [1.807, 2.05) is 58.4 Å². The maximum absolute atomic E-state index is 13.3. The summed E-state index contributed by atoms with van der Waals surface area (Å²) in [5, 5.41) is 6.67. The quantitative estimate of drug-likeness (QED) is 0.695. The largest absolute Gasteiger partial charge is 0.306 e. The lowest BCUT2D eigenvalue weighted by Gasteiger charge is -2.36. The van der Waals surface area contributed by atoms with Crippen molar-refractivity contribution in [3.8, 4) is 5.69 Å². The lowest BCUT2D eigenvalue weighted by atomic mass is 10.0. The molecule has 0 aliphatic carbocycles. The summed E-state index contributed by atoms with van der Waals surface area (Å²) in [7, 11) is 2.13. The summed E-state index contributed by atoms with van der Waals surface area (Å²) >= 11 is 1.48. The first-order chi connectivity index (χ1) is 13.1. The number of carbonyl (C=O) groups excluding carboxylic acids is 1. The van der Waals surface area contributed by atoms with Crippen LogP contribution in [0.15, 0.2) is 48.1 Å². The number of hydrogen-bond acceptors (Lipinski definition) is 5. The van der Waals surface area contributed by atoms with E-state index >= 15 is 0 Å². The number of nitrogens with zero attached hydrogens (tertiary/aromatic N) is 5. The van der Waals surface area contributed by atoms with E-state index in [2.05, 4.69) is 16.9 Å². The smallest absolute Gasteiger partial charge is 0.269 e. The number of likely N-dealkylation sites (tertiary alicyclic amines) is 1. The molecule has 0 radical (unpaired) electrons. The third-order valence-electron chi connectivity index (χ3n) is 4.97. The summed E-state index contributed by atoms with van der Waals surface area (Å²) in [5.74, 6) is 0.744. The SMILES string of the molecule is Cc1cc(-n2ccc(N(C(=O)c3cccs3)C3CCN(C)CC3)n2)ccn1. The highest BCUT2D eigenvalue weighted by atomic mass is 32.1. The van der Waals surface area contributed by atoms with Crippen LogP contribution < -0.4 is 4.90 Å². The molecule has 3 aromatic rings. The molecule has 6 nitrogen and oxygen atoms in total. The van der Waals surface area contributed by atoms with Gasteiger partial charge < -0.3 is 4.90 Å². The molecule has 0 saturated carbocycles. The average molecular weight is 382 g/mol. The van der Waals surface area contributed by atoms with Crippen LogP contribution in [0.1, 0.15) is 28.2 Å². The van der Waals surface area contributed by atoms with Gasteiger partial charge in [0.25, 0.3) is 5.91 Å². The fourth-order valence-electron chi connectivity index (χ4n) is 3.49. The van der Waals surface area contributed by atoms with E-state index in [0.717, 1.165) is 42.2 Å². The summed E-state index contributed by atoms with van der Waals surface area (Å²) in [6, 6.07) is 9.81. The van der Waals surface area contributed by atoms with Crippen molar-refractivity contribution in [1.29, 1.82) is 0 Å². The van der Waals surface area contributed by atoms with Crippen molar-refractivity contribution < 1.29 is 4.79 Å². The Bertz CT molecular complexity index is 912. The normalized spacial score (nSPS) is 15.8. The third-order valence-corrected chi connectivity index (χ3v) is 5.83. The van der Waals surface area contributed by atoms with Gasteiger partial charge >= 0.3 is 0 Å². The molecule has 1 aliphatic rings. The molecule has 0 unspecified atom stereocenters. The summed E-state index contributed by atoms with van der Waals surface area (Å²) in [6.07, 6.45) is 5.59. The number of rotatable bonds is 4. The molecule has 1 amide bonds. The zero-order valence-electron chi connectivity index (χ0n) is 15.6. The van der Waals surface area contributed by atoms with Crippen molar-refractivity contribution in [1.82, 2.24) is 19.7 Å². The molecule has 140 valence electrons. The van der Waals surface area contributed by atoms with E-state index in [1.165, 1.54) is 11.3 Å². The number of anilines is 1. The molecule has 0 spiro atoms. The van der Waals surface area contributed by atoms with Gasteiger partial charge in [0.2, 0.25) is 0 Å². The number of hydrogen-bond donors (Lipinski definition) is 0.